The second-order valence-corrected chi connectivity index (χ2v) is 7.22. The summed E-state index contributed by atoms with van der Waals surface area (Å²) in [4.78, 5) is 14.8. The lowest BCUT2D eigenvalue weighted by atomic mass is 9.96. The molecule has 0 bridgehead atoms. The van der Waals surface area contributed by atoms with Gasteiger partial charge in [0.05, 0.1) is 0 Å². The fraction of sp³-hybridized carbons (Fsp3) is 0.381. The summed E-state index contributed by atoms with van der Waals surface area (Å²) in [6.45, 7) is 4.85. The number of ether oxygens (including phenoxy) is 1. The van der Waals surface area contributed by atoms with Gasteiger partial charge in [-0.25, -0.2) is 4.39 Å². The molecular weight excluding hydrogens is 317 g/mol. The van der Waals surface area contributed by atoms with Gasteiger partial charge in [0.15, 0.2) is 17.7 Å². The van der Waals surface area contributed by atoms with Gasteiger partial charge < -0.3 is 9.64 Å². The van der Waals surface area contributed by atoms with Crippen molar-refractivity contribution in [2.45, 2.75) is 44.8 Å². The number of para-hydroxylation sites is 1. The maximum atomic E-state index is 13.8. The number of nitrogens with zero attached hydrogens (tertiary/aromatic N) is 1. The molecule has 0 radical (unpaired) electrons. The molecule has 2 heterocycles. The van der Waals surface area contributed by atoms with Crippen molar-refractivity contribution in [1.82, 2.24) is 4.90 Å². The summed E-state index contributed by atoms with van der Waals surface area (Å²) in [5, 5.41) is 0. The zero-order valence-electron chi connectivity index (χ0n) is 14.5. The minimum Gasteiger partial charge on any atom is -0.477 e. The number of hydrogen-bond acceptors (Lipinski definition) is 2. The molecule has 0 N–H and O–H groups in total. The number of halogens is 1. The van der Waals surface area contributed by atoms with E-state index in [9.17, 15) is 9.18 Å². The molecule has 1 amide bonds. The number of fused-ring (bicyclic) bond motifs is 1. The average molecular weight is 339 g/mol. The van der Waals surface area contributed by atoms with Crippen LogP contribution in [0.2, 0.25) is 0 Å². The number of hydrogen-bond donors (Lipinski definition) is 0. The number of aryl methyl sites for hydroxylation is 1. The molecule has 0 spiro atoms. The van der Waals surface area contributed by atoms with Gasteiger partial charge in [0, 0.05) is 30.5 Å². The molecule has 0 unspecified atom stereocenters. The smallest absolute Gasteiger partial charge is 0.264 e. The number of rotatable bonds is 2. The molecular formula is C21H22FNO2. The van der Waals surface area contributed by atoms with Gasteiger partial charge >= 0.3 is 0 Å². The number of benzene rings is 2. The van der Waals surface area contributed by atoms with Crippen LogP contribution in [0.5, 0.6) is 5.75 Å². The van der Waals surface area contributed by atoms with E-state index in [0.29, 0.717) is 18.9 Å². The molecule has 1 fully saturated rings. The molecule has 0 saturated carbocycles. The highest BCUT2D eigenvalue weighted by Crippen LogP contribution is 2.36. The third-order valence-electron chi connectivity index (χ3n) is 5.40. The van der Waals surface area contributed by atoms with Crippen LogP contribution in [0.25, 0.3) is 0 Å². The minimum atomic E-state index is -0.605. The largest absolute Gasteiger partial charge is 0.477 e. The van der Waals surface area contributed by atoms with Crippen molar-refractivity contribution in [2.75, 3.05) is 6.54 Å². The van der Waals surface area contributed by atoms with Crippen LogP contribution >= 0.6 is 0 Å². The molecule has 3 nitrogen and oxygen atoms in total. The SMILES string of the molecule is Cc1ccc([C@@H]2C[C@@H](C)N(C(=O)[C@H]3Cc4cccc(F)c4O3)C2)cc1. The predicted molar refractivity (Wildman–Crippen MR) is 94.2 cm³/mol. The highest BCUT2D eigenvalue weighted by molar-refractivity contribution is 5.83. The van der Waals surface area contributed by atoms with E-state index in [0.717, 1.165) is 12.0 Å². The van der Waals surface area contributed by atoms with Crippen LogP contribution in [0.1, 0.15) is 36.0 Å². The maximum Gasteiger partial charge on any atom is 0.264 e. The lowest BCUT2D eigenvalue weighted by Gasteiger charge is -2.24. The zero-order chi connectivity index (χ0) is 17.6. The molecule has 25 heavy (non-hydrogen) atoms. The molecule has 2 aliphatic heterocycles. The Labute approximate surface area is 147 Å². The summed E-state index contributed by atoms with van der Waals surface area (Å²) in [6, 6.07) is 13.6. The third-order valence-corrected chi connectivity index (χ3v) is 5.40. The first-order valence-corrected chi connectivity index (χ1v) is 8.84. The Kier molecular flexibility index (Phi) is 3.98. The van der Waals surface area contributed by atoms with E-state index in [1.54, 1.807) is 6.07 Å². The van der Waals surface area contributed by atoms with Crippen LogP contribution in [0, 0.1) is 12.7 Å². The molecule has 0 aliphatic carbocycles. The van der Waals surface area contributed by atoms with E-state index in [2.05, 4.69) is 38.1 Å². The van der Waals surface area contributed by atoms with Gasteiger partial charge in [0.1, 0.15) is 0 Å². The zero-order valence-corrected chi connectivity index (χ0v) is 14.5. The van der Waals surface area contributed by atoms with Gasteiger partial charge in [-0.2, -0.15) is 0 Å². The van der Waals surface area contributed by atoms with Crippen molar-refractivity contribution in [3.05, 3.63) is 65.0 Å². The lowest BCUT2D eigenvalue weighted by Crippen LogP contribution is -2.43. The molecule has 0 aromatic heterocycles. The van der Waals surface area contributed by atoms with Crippen molar-refractivity contribution in [3.8, 4) is 5.75 Å². The maximum absolute atomic E-state index is 13.8. The molecule has 3 atom stereocenters. The van der Waals surface area contributed by atoms with Crippen LogP contribution in [-0.4, -0.2) is 29.5 Å². The van der Waals surface area contributed by atoms with Crippen LogP contribution in [0.3, 0.4) is 0 Å². The van der Waals surface area contributed by atoms with Crippen molar-refractivity contribution in [2.24, 2.45) is 0 Å². The highest BCUT2D eigenvalue weighted by Gasteiger charge is 2.40. The summed E-state index contributed by atoms with van der Waals surface area (Å²) in [6.07, 6.45) is 0.791. The Morgan fingerprint density at radius 1 is 1.20 bits per heavy atom. The number of amides is 1. The van der Waals surface area contributed by atoms with E-state index in [4.69, 9.17) is 4.74 Å². The van der Waals surface area contributed by atoms with Crippen LogP contribution in [-0.2, 0) is 11.2 Å². The van der Waals surface area contributed by atoms with E-state index < -0.39 is 6.10 Å². The first kappa shape index (κ1) is 16.1. The number of carbonyl (C=O) groups is 1. The molecule has 4 heteroatoms. The van der Waals surface area contributed by atoms with E-state index in [1.807, 2.05) is 11.0 Å². The molecule has 1 saturated heterocycles. The summed E-state index contributed by atoms with van der Waals surface area (Å²) < 4.78 is 19.5. The average Bonchev–Trinajstić information content (AvgIpc) is 3.20. The monoisotopic (exact) mass is 339 g/mol. The first-order chi connectivity index (χ1) is 12.0. The van der Waals surface area contributed by atoms with Crippen molar-refractivity contribution >= 4 is 5.91 Å². The number of carbonyl (C=O) groups excluding carboxylic acids is 1. The summed E-state index contributed by atoms with van der Waals surface area (Å²) in [5.74, 6) is 0.167. The summed E-state index contributed by atoms with van der Waals surface area (Å²) in [7, 11) is 0. The topological polar surface area (TPSA) is 29.5 Å². The first-order valence-electron chi connectivity index (χ1n) is 8.84. The van der Waals surface area contributed by atoms with Gasteiger partial charge in [-0.05, 0) is 31.9 Å². The van der Waals surface area contributed by atoms with Gasteiger partial charge in [0.25, 0.3) is 5.91 Å². The highest BCUT2D eigenvalue weighted by atomic mass is 19.1. The standard InChI is InChI=1S/C21H22FNO2/c1-13-6-8-15(9-7-13)17-10-14(2)23(12-17)21(24)19-11-16-4-3-5-18(22)20(16)25-19/h3-9,14,17,19H,10-12H2,1-2H3/t14-,17-,19-/m1/s1. The Morgan fingerprint density at radius 2 is 1.96 bits per heavy atom. The quantitative estimate of drug-likeness (QED) is 0.832. The van der Waals surface area contributed by atoms with E-state index in [-0.39, 0.29) is 23.5 Å². The van der Waals surface area contributed by atoms with E-state index >= 15 is 0 Å². The molecule has 2 aliphatic rings. The molecule has 2 aromatic rings. The Balaban J connectivity index is 1.48. The summed E-state index contributed by atoms with van der Waals surface area (Å²) >= 11 is 0. The third kappa shape index (κ3) is 2.90. The van der Waals surface area contributed by atoms with Crippen molar-refractivity contribution < 1.29 is 13.9 Å². The van der Waals surface area contributed by atoms with Crippen LogP contribution in [0.15, 0.2) is 42.5 Å². The molecule has 130 valence electrons. The Bertz CT molecular complexity index is 802. The Hall–Kier alpha value is -2.36. The Morgan fingerprint density at radius 3 is 2.68 bits per heavy atom. The van der Waals surface area contributed by atoms with Gasteiger partial charge in [-0.1, -0.05) is 42.0 Å². The summed E-state index contributed by atoms with van der Waals surface area (Å²) in [5.41, 5.74) is 3.29. The second kappa shape index (κ2) is 6.17. The fourth-order valence-electron chi connectivity index (χ4n) is 3.97. The molecule has 4 rings (SSSR count). The lowest BCUT2D eigenvalue weighted by molar-refractivity contribution is -0.138. The second-order valence-electron chi connectivity index (χ2n) is 7.22. The van der Waals surface area contributed by atoms with Crippen LogP contribution in [0.4, 0.5) is 4.39 Å². The number of likely N-dealkylation sites (tertiary alicyclic amines) is 1. The van der Waals surface area contributed by atoms with Crippen LogP contribution < -0.4 is 4.74 Å². The van der Waals surface area contributed by atoms with Gasteiger partial charge in [-0.3, -0.25) is 4.79 Å². The molecule has 2 aromatic carbocycles. The van der Waals surface area contributed by atoms with Gasteiger partial charge in [0.2, 0.25) is 0 Å². The van der Waals surface area contributed by atoms with E-state index in [1.165, 1.54) is 17.2 Å². The fourth-order valence-corrected chi connectivity index (χ4v) is 3.97. The van der Waals surface area contributed by atoms with Crippen molar-refractivity contribution in [3.63, 3.8) is 0 Å². The van der Waals surface area contributed by atoms with Crippen molar-refractivity contribution in [1.29, 1.82) is 0 Å². The predicted octanol–water partition coefficient (Wildman–Crippen LogP) is 3.84. The normalized spacial score (nSPS) is 24.9. The van der Waals surface area contributed by atoms with Gasteiger partial charge in [-0.15, -0.1) is 0 Å². The minimum absolute atomic E-state index is 0.0299.